The van der Waals surface area contributed by atoms with Crippen molar-refractivity contribution in [2.75, 3.05) is 78.3 Å². The molecule has 29 nitrogen and oxygen atoms in total. The van der Waals surface area contributed by atoms with Gasteiger partial charge in [-0.2, -0.15) is 0 Å². The normalized spacial score (nSPS) is 11.9. The first-order valence-electron chi connectivity index (χ1n) is 51.5. The number of aromatic nitrogens is 22. The van der Waals surface area contributed by atoms with Gasteiger partial charge in [-0.15, -0.1) is 0 Å². The van der Waals surface area contributed by atoms with E-state index in [2.05, 4.69) is 341 Å². The Morgan fingerprint density at radius 3 is 1.15 bits per heavy atom. The van der Waals surface area contributed by atoms with Gasteiger partial charge in [0.05, 0.1) is 83.3 Å². The lowest BCUT2D eigenvalue weighted by atomic mass is 10.1. The molecule has 1 aliphatic rings. The minimum Gasteiger partial charge on any atom is -0.496 e. The van der Waals surface area contributed by atoms with Crippen LogP contribution in [0, 0.1) is 60.3 Å². The molecule has 0 amide bonds. The average Bonchev–Trinajstić information content (AvgIpc) is 1.63. The van der Waals surface area contributed by atoms with E-state index in [4.69, 9.17) is 9.72 Å². The van der Waals surface area contributed by atoms with Crippen molar-refractivity contribution in [3.05, 3.63) is 318 Å². The molecule has 20 aromatic rings. The predicted octanol–water partition coefficient (Wildman–Crippen LogP) is 24.4. The summed E-state index contributed by atoms with van der Waals surface area (Å²) in [5, 5.41) is 24.5. The maximum absolute atomic E-state index is 5.47. The number of para-hydroxylation sites is 2. The van der Waals surface area contributed by atoms with Crippen LogP contribution in [0.25, 0.3) is 87.9 Å². The van der Waals surface area contributed by atoms with Gasteiger partial charge in [-0.25, -0.2) is 69.8 Å². The number of benzene rings is 5. The fourth-order valence-corrected chi connectivity index (χ4v) is 18.0. The van der Waals surface area contributed by atoms with E-state index in [1.54, 1.807) is 19.5 Å². The van der Waals surface area contributed by atoms with E-state index in [9.17, 15) is 0 Å². The highest BCUT2D eigenvalue weighted by atomic mass is 16.5. The zero-order valence-electron chi connectivity index (χ0n) is 86.5. The molecule has 748 valence electrons. The Morgan fingerprint density at radius 2 is 0.697 bits per heavy atom. The lowest BCUT2D eigenvalue weighted by Crippen LogP contribution is -2.15. The number of pyridine rings is 2. The average molecular weight is 1940 g/mol. The van der Waals surface area contributed by atoms with Crippen LogP contribution in [0.5, 0.6) is 5.75 Å². The van der Waals surface area contributed by atoms with Gasteiger partial charge in [0.15, 0.2) is 34.9 Å². The summed E-state index contributed by atoms with van der Waals surface area (Å²) in [5.41, 5.74) is 20.2. The molecule has 1 atom stereocenters. The third kappa shape index (κ3) is 27.0. The number of unbranched alkanes of at least 4 members (excludes halogenated alkanes) is 5. The molecule has 15 aromatic heterocycles. The van der Waals surface area contributed by atoms with Crippen LogP contribution >= 0.6 is 0 Å². The third-order valence-corrected chi connectivity index (χ3v) is 25.7. The first kappa shape index (κ1) is 102. The van der Waals surface area contributed by atoms with Crippen LogP contribution in [0.3, 0.4) is 0 Å². The van der Waals surface area contributed by atoms with E-state index in [0.29, 0.717) is 25.6 Å². The summed E-state index contributed by atoms with van der Waals surface area (Å²) in [7, 11) is 1.71. The lowest BCUT2D eigenvalue weighted by molar-refractivity contribution is 0.408. The summed E-state index contributed by atoms with van der Waals surface area (Å²) < 4.78 is 18.7. The van der Waals surface area contributed by atoms with Gasteiger partial charge < -0.3 is 64.0 Å². The summed E-state index contributed by atoms with van der Waals surface area (Å²) in [6.07, 6.45) is 30.0. The van der Waals surface area contributed by atoms with Gasteiger partial charge in [0, 0.05) is 124 Å². The molecule has 1 saturated carbocycles. The fraction of sp³-hybridized carbons (Fsp3) is 0.345. The second kappa shape index (κ2) is 50.3. The Labute approximate surface area is 850 Å². The molecule has 0 saturated heterocycles. The first-order chi connectivity index (χ1) is 70.9. The molecule has 0 bridgehead atoms. The van der Waals surface area contributed by atoms with Crippen molar-refractivity contribution in [3.63, 3.8) is 0 Å². The summed E-state index contributed by atoms with van der Waals surface area (Å²) in [6.45, 7) is 37.0. The Hall–Kier alpha value is -15.7. The SMILES string of the molecule is CCCCNc1nc(C)nc2cc(C)n(Cc3ccccc3)c12.CCCCNc1nc(C)nc2ccn(Cc3cc4ccccc4cn3)c12.CCCCNc1nc(C)nc2ccn(Cc3ccc4ccccc4n3)c12.CCCCNc1nc(C)nc2ccn(Cc3ccccc3OC)c12.CCCCNc1nc(C)nc2ccn(Cc3ncccn3)c12.Cc1nc(NCC(C)C2CC2)c2c(ccn2Cc2ccccc2)n1. The topological polar surface area (TPSA) is 317 Å². The Morgan fingerprint density at radius 1 is 0.317 bits per heavy atom. The molecule has 5 aromatic carbocycles. The monoisotopic (exact) mass is 1940 g/mol. The van der Waals surface area contributed by atoms with Crippen LogP contribution in [0.4, 0.5) is 34.9 Å². The molecule has 29 heteroatoms. The van der Waals surface area contributed by atoms with Crippen molar-refractivity contribution in [1.29, 1.82) is 0 Å². The smallest absolute Gasteiger partial charge is 0.154 e. The van der Waals surface area contributed by atoms with Crippen LogP contribution in [0.15, 0.2) is 244 Å². The van der Waals surface area contributed by atoms with Gasteiger partial charge in [0.25, 0.3) is 0 Å². The molecule has 15 heterocycles. The molecule has 6 N–H and O–H groups in total. The molecule has 21 rings (SSSR count). The number of anilines is 6. The van der Waals surface area contributed by atoms with Crippen LogP contribution in [0.2, 0.25) is 0 Å². The van der Waals surface area contributed by atoms with E-state index < -0.39 is 0 Å². The number of methoxy groups -OCH3 is 1. The highest BCUT2D eigenvalue weighted by Gasteiger charge is 2.28. The highest BCUT2D eigenvalue weighted by Crippen LogP contribution is 2.38. The van der Waals surface area contributed by atoms with Crippen LogP contribution in [0.1, 0.15) is 193 Å². The van der Waals surface area contributed by atoms with E-state index in [1.807, 2.05) is 115 Å². The van der Waals surface area contributed by atoms with Crippen molar-refractivity contribution in [2.45, 2.75) is 206 Å². The van der Waals surface area contributed by atoms with Crippen LogP contribution in [-0.2, 0) is 39.3 Å². The summed E-state index contributed by atoms with van der Waals surface area (Å²) in [4.78, 5) is 73.3. The third-order valence-electron chi connectivity index (χ3n) is 25.7. The standard InChI is InChI=1S/2C21H23N5.C20H24N4.C19H24N4O.C19H24N4.C16H20N6/c1-3-4-12-22-21-20-19(23-15(2)24-21)11-13-26(20)14-17-10-9-16-7-5-6-8-18(16)25-17;1-3-4-10-22-21-20-19(24-15(2)25-21)9-11-26(20)14-18-12-16-7-5-6-8-17(16)13-23-18;1-14(17-8-9-17)12-21-20-19-18(22-15(2)23-20)10-11-24(19)13-16-6-4-3-5-7-16;1-4-5-11-20-19-18-16(21-14(2)22-19)10-12-23(18)13-15-8-6-7-9-17(15)24-3;1-4-5-11-20-19-18-17(21-15(3)22-19)12-14(2)23(18)13-16-9-7-6-8-10-16;1-3-4-7-19-16-15-13(20-12(2)21-16)6-10-22(15)11-14-17-8-5-9-18-14/h5-11,13H,3-4,12,14H2,1-2H3,(H,22,23,24);5-9,11-13H,3-4,10,14H2,1-2H3,(H,22,24,25);3-7,10-11,14,17H,8-9,12-13H2,1-2H3,(H,21,22,23);6-10,12H,4-5,11,13H2,1-3H3,(H,20,21,22);6-10,12H,4-5,11,13H2,1-3H3,(H,20,21,22);5-6,8-10H,3-4,7,11H2,1-2H3,(H,19,20,21). The number of aryl methyl sites for hydroxylation is 7. The molecule has 0 aliphatic heterocycles. The lowest BCUT2D eigenvalue weighted by Gasteiger charge is -2.15. The number of nitrogens with zero attached hydrogens (tertiary/aromatic N) is 22. The van der Waals surface area contributed by atoms with Gasteiger partial charge >= 0.3 is 0 Å². The first-order valence-corrected chi connectivity index (χ1v) is 51.5. The van der Waals surface area contributed by atoms with Crippen molar-refractivity contribution >= 4 is 123 Å². The number of rotatable bonds is 37. The largest absolute Gasteiger partial charge is 0.496 e. The minimum atomic E-state index is 0.610. The summed E-state index contributed by atoms with van der Waals surface area (Å²) in [6, 6.07) is 66.2. The molecular weight excluding hydrogens is 1800 g/mol. The molecule has 1 fully saturated rings. The molecule has 1 aliphatic carbocycles. The van der Waals surface area contributed by atoms with Gasteiger partial charge in [-0.3, -0.25) is 9.97 Å². The molecule has 1 unspecified atom stereocenters. The van der Waals surface area contributed by atoms with Crippen molar-refractivity contribution in [3.8, 4) is 5.75 Å². The molecule has 145 heavy (non-hydrogen) atoms. The second-order valence-corrected chi connectivity index (χ2v) is 37.3. The van der Waals surface area contributed by atoms with Crippen molar-refractivity contribution in [2.24, 2.45) is 11.8 Å². The zero-order chi connectivity index (χ0) is 101. The molecule has 0 spiro atoms. The number of nitrogens with one attached hydrogen (secondary N) is 6. The zero-order valence-corrected chi connectivity index (χ0v) is 86.5. The molecular formula is C116H138N28O. The van der Waals surface area contributed by atoms with Crippen LogP contribution < -0.4 is 36.6 Å². The molecule has 0 radical (unpaired) electrons. The van der Waals surface area contributed by atoms with Crippen molar-refractivity contribution < 1.29 is 4.74 Å². The van der Waals surface area contributed by atoms with Crippen LogP contribution in [-0.4, -0.2) is 154 Å². The Kier molecular flexibility index (Phi) is 35.5. The van der Waals surface area contributed by atoms with E-state index >= 15 is 0 Å². The summed E-state index contributed by atoms with van der Waals surface area (Å²) in [5.74, 6) is 13.6. The summed E-state index contributed by atoms with van der Waals surface area (Å²) >= 11 is 0. The number of hydrogen-bond donors (Lipinski definition) is 6. The number of ether oxygens (including phenoxy) is 1. The second-order valence-electron chi connectivity index (χ2n) is 37.3. The Bertz CT molecular complexity index is 7440. The maximum Gasteiger partial charge on any atom is 0.154 e. The van der Waals surface area contributed by atoms with E-state index in [-0.39, 0.29) is 0 Å². The van der Waals surface area contributed by atoms with E-state index in [0.717, 1.165) is 303 Å². The van der Waals surface area contributed by atoms with Crippen molar-refractivity contribution in [1.82, 2.24) is 107 Å². The number of fused-ring (bicyclic) bond motifs is 8. The van der Waals surface area contributed by atoms with Gasteiger partial charge in [0.1, 0.15) is 79.6 Å². The number of hydrogen-bond acceptors (Lipinski definition) is 23. The predicted molar refractivity (Wildman–Crippen MR) is 592 cm³/mol. The highest BCUT2D eigenvalue weighted by molar-refractivity contribution is 5.92. The quantitative estimate of drug-likeness (QED) is 0.0197. The Balaban J connectivity index is 0.000000125. The van der Waals surface area contributed by atoms with Gasteiger partial charge in [0.2, 0.25) is 0 Å². The van der Waals surface area contributed by atoms with Gasteiger partial charge in [-0.1, -0.05) is 201 Å². The maximum atomic E-state index is 5.47. The fourth-order valence-electron chi connectivity index (χ4n) is 18.0. The van der Waals surface area contributed by atoms with Gasteiger partial charge in [-0.05, 0) is 188 Å². The van der Waals surface area contributed by atoms with E-state index in [1.165, 1.54) is 41.5 Å². The minimum absolute atomic E-state index is 0.610.